The van der Waals surface area contributed by atoms with E-state index < -0.39 is 5.97 Å². The molecular formula is C13H19N3O3S. The van der Waals surface area contributed by atoms with Crippen molar-refractivity contribution in [1.29, 1.82) is 0 Å². The minimum atomic E-state index is -0.807. The molecule has 0 radical (unpaired) electrons. The highest BCUT2D eigenvalue weighted by Gasteiger charge is 2.32. The third-order valence-electron chi connectivity index (χ3n) is 3.34. The molecule has 1 fully saturated rings. The van der Waals surface area contributed by atoms with Gasteiger partial charge in [0.25, 0.3) is 0 Å². The van der Waals surface area contributed by atoms with Crippen molar-refractivity contribution < 1.29 is 14.7 Å². The lowest BCUT2D eigenvalue weighted by Crippen LogP contribution is -2.54. The quantitative estimate of drug-likeness (QED) is 0.869. The Bertz CT molecular complexity index is 497. The van der Waals surface area contributed by atoms with Crippen molar-refractivity contribution >= 4 is 23.3 Å². The van der Waals surface area contributed by atoms with Gasteiger partial charge >= 0.3 is 12.0 Å². The van der Waals surface area contributed by atoms with E-state index in [4.69, 9.17) is 5.11 Å². The highest BCUT2D eigenvalue weighted by Crippen LogP contribution is 2.22. The van der Waals surface area contributed by atoms with Gasteiger partial charge in [-0.25, -0.2) is 9.78 Å². The number of nitrogens with one attached hydrogen (secondary N) is 1. The Hall–Kier alpha value is -1.63. The number of carbonyl (C=O) groups is 2. The summed E-state index contributed by atoms with van der Waals surface area (Å²) in [6, 6.07) is -0.265. The molecule has 1 atom stereocenters. The number of hydrogen-bond acceptors (Lipinski definition) is 4. The standard InChI is InChI=1S/C13H19N3O3S/c1-3-10-5-14-12(20-10)8(2)15-13(19)16-6-9(7-16)4-11(17)18/h5,8-9H,3-4,6-7H2,1-2H3,(H,15,19)(H,17,18). The van der Waals surface area contributed by atoms with Gasteiger partial charge in [0.1, 0.15) is 5.01 Å². The molecule has 1 aliphatic heterocycles. The largest absolute Gasteiger partial charge is 0.481 e. The third kappa shape index (κ3) is 3.47. The predicted octanol–water partition coefficient (Wildman–Crippen LogP) is 1.88. The Balaban J connectivity index is 1.79. The van der Waals surface area contributed by atoms with Crippen molar-refractivity contribution in [3.63, 3.8) is 0 Å². The zero-order valence-electron chi connectivity index (χ0n) is 11.6. The van der Waals surface area contributed by atoms with Crippen LogP contribution in [0.2, 0.25) is 0 Å². The van der Waals surface area contributed by atoms with E-state index in [1.54, 1.807) is 16.2 Å². The fourth-order valence-electron chi connectivity index (χ4n) is 2.14. The van der Waals surface area contributed by atoms with Crippen molar-refractivity contribution in [3.05, 3.63) is 16.1 Å². The van der Waals surface area contributed by atoms with Crippen LogP contribution in [0.15, 0.2) is 6.20 Å². The van der Waals surface area contributed by atoms with Crippen molar-refractivity contribution in [1.82, 2.24) is 15.2 Å². The van der Waals surface area contributed by atoms with Crippen LogP contribution < -0.4 is 5.32 Å². The number of aliphatic carboxylic acids is 1. The summed E-state index contributed by atoms with van der Waals surface area (Å²) in [5.41, 5.74) is 0. The lowest BCUT2D eigenvalue weighted by atomic mass is 9.97. The van der Waals surface area contributed by atoms with Crippen molar-refractivity contribution in [2.24, 2.45) is 5.92 Å². The van der Waals surface area contributed by atoms with Gasteiger partial charge in [-0.3, -0.25) is 4.79 Å². The number of urea groups is 1. The van der Waals surface area contributed by atoms with Crippen LogP contribution in [0.5, 0.6) is 0 Å². The first-order valence-electron chi connectivity index (χ1n) is 6.71. The lowest BCUT2D eigenvalue weighted by Gasteiger charge is -2.38. The number of thiazole rings is 1. The summed E-state index contributed by atoms with van der Waals surface area (Å²) in [5, 5.41) is 12.5. The molecule has 1 unspecified atom stereocenters. The van der Waals surface area contributed by atoms with Gasteiger partial charge in [0.15, 0.2) is 0 Å². The molecule has 0 spiro atoms. The van der Waals surface area contributed by atoms with E-state index in [0.29, 0.717) is 13.1 Å². The molecule has 2 N–H and O–H groups in total. The molecule has 1 saturated heterocycles. The van der Waals surface area contributed by atoms with Crippen LogP contribution in [-0.4, -0.2) is 40.1 Å². The first-order valence-corrected chi connectivity index (χ1v) is 7.53. The number of aromatic nitrogens is 1. The minimum Gasteiger partial charge on any atom is -0.481 e. The third-order valence-corrected chi connectivity index (χ3v) is 4.66. The zero-order valence-corrected chi connectivity index (χ0v) is 12.4. The molecule has 0 bridgehead atoms. The molecule has 7 heteroatoms. The van der Waals surface area contributed by atoms with Gasteiger partial charge in [-0.2, -0.15) is 0 Å². The van der Waals surface area contributed by atoms with Crippen molar-refractivity contribution in [3.8, 4) is 0 Å². The summed E-state index contributed by atoms with van der Waals surface area (Å²) in [4.78, 5) is 29.7. The summed E-state index contributed by atoms with van der Waals surface area (Å²) < 4.78 is 0. The van der Waals surface area contributed by atoms with Gasteiger partial charge in [0, 0.05) is 30.1 Å². The van der Waals surface area contributed by atoms with Crippen LogP contribution in [0, 0.1) is 5.92 Å². The Morgan fingerprint density at radius 1 is 1.60 bits per heavy atom. The lowest BCUT2D eigenvalue weighted by molar-refractivity contribution is -0.139. The maximum Gasteiger partial charge on any atom is 0.317 e. The molecule has 2 rings (SSSR count). The Morgan fingerprint density at radius 2 is 2.30 bits per heavy atom. The van der Waals surface area contributed by atoms with Crippen LogP contribution in [-0.2, 0) is 11.2 Å². The monoisotopic (exact) mass is 297 g/mol. The molecule has 0 aliphatic carbocycles. The average Bonchev–Trinajstić information content (AvgIpc) is 2.81. The smallest absolute Gasteiger partial charge is 0.317 e. The molecule has 1 aliphatic rings. The predicted molar refractivity (Wildman–Crippen MR) is 75.8 cm³/mol. The Labute approximate surface area is 121 Å². The maximum absolute atomic E-state index is 12.0. The molecule has 2 amide bonds. The number of amides is 2. The van der Waals surface area contributed by atoms with Crippen LogP contribution in [0.3, 0.4) is 0 Å². The summed E-state index contributed by atoms with van der Waals surface area (Å²) in [6.07, 6.45) is 2.92. The second-order valence-corrected chi connectivity index (χ2v) is 6.21. The van der Waals surface area contributed by atoms with E-state index in [9.17, 15) is 9.59 Å². The van der Waals surface area contributed by atoms with E-state index in [1.807, 2.05) is 13.1 Å². The first kappa shape index (κ1) is 14.8. The summed E-state index contributed by atoms with van der Waals surface area (Å²) in [7, 11) is 0. The molecule has 0 saturated carbocycles. The van der Waals surface area contributed by atoms with Gasteiger partial charge in [0.05, 0.1) is 12.5 Å². The van der Waals surface area contributed by atoms with Gasteiger partial charge in [0.2, 0.25) is 0 Å². The van der Waals surface area contributed by atoms with Gasteiger partial charge in [-0.1, -0.05) is 6.92 Å². The molecule has 0 aromatic carbocycles. The number of carbonyl (C=O) groups excluding carboxylic acids is 1. The maximum atomic E-state index is 12.0. The topological polar surface area (TPSA) is 82.5 Å². The van der Waals surface area contributed by atoms with Crippen LogP contribution >= 0.6 is 11.3 Å². The normalized spacial score (nSPS) is 16.6. The summed E-state index contributed by atoms with van der Waals surface area (Å²) in [5.74, 6) is -0.724. The number of carboxylic acid groups (broad SMARTS) is 1. The SMILES string of the molecule is CCc1cnc(C(C)NC(=O)N2CC(CC(=O)O)C2)s1. The fourth-order valence-corrected chi connectivity index (χ4v) is 3.00. The fraction of sp³-hybridized carbons (Fsp3) is 0.615. The molecule has 20 heavy (non-hydrogen) atoms. The molecular weight excluding hydrogens is 278 g/mol. The number of carboxylic acids is 1. The van der Waals surface area contributed by atoms with E-state index in [1.165, 1.54) is 4.88 Å². The highest BCUT2D eigenvalue weighted by molar-refractivity contribution is 7.11. The average molecular weight is 297 g/mol. The van der Waals surface area contributed by atoms with E-state index in [0.717, 1.165) is 11.4 Å². The van der Waals surface area contributed by atoms with Gasteiger partial charge in [-0.15, -0.1) is 11.3 Å². The molecule has 1 aromatic rings. The number of rotatable bonds is 5. The van der Waals surface area contributed by atoms with Crippen molar-refractivity contribution in [2.75, 3.05) is 13.1 Å². The Kier molecular flexibility index (Phi) is 4.59. The number of aryl methyl sites for hydroxylation is 1. The van der Waals surface area contributed by atoms with Crippen molar-refractivity contribution in [2.45, 2.75) is 32.7 Å². The molecule has 2 heterocycles. The summed E-state index contributed by atoms with van der Waals surface area (Å²) in [6.45, 7) is 5.01. The Morgan fingerprint density at radius 3 is 2.85 bits per heavy atom. The summed E-state index contributed by atoms with van der Waals surface area (Å²) >= 11 is 1.61. The number of nitrogens with zero attached hydrogens (tertiary/aromatic N) is 2. The zero-order chi connectivity index (χ0) is 14.7. The second kappa shape index (κ2) is 6.21. The number of hydrogen-bond donors (Lipinski definition) is 2. The molecule has 110 valence electrons. The van der Waals surface area contributed by atoms with Crippen LogP contribution in [0.25, 0.3) is 0 Å². The first-order chi connectivity index (χ1) is 9.49. The van der Waals surface area contributed by atoms with Crippen LogP contribution in [0.1, 0.15) is 36.2 Å². The number of likely N-dealkylation sites (tertiary alicyclic amines) is 1. The molecule has 6 nitrogen and oxygen atoms in total. The highest BCUT2D eigenvalue weighted by atomic mass is 32.1. The minimum absolute atomic E-state index is 0.0834. The van der Waals surface area contributed by atoms with Gasteiger partial charge < -0.3 is 15.3 Å². The molecule has 1 aromatic heterocycles. The van der Waals surface area contributed by atoms with Crippen LogP contribution in [0.4, 0.5) is 4.79 Å². The second-order valence-electron chi connectivity index (χ2n) is 5.06. The van der Waals surface area contributed by atoms with E-state index in [-0.39, 0.29) is 24.4 Å². The van der Waals surface area contributed by atoms with Gasteiger partial charge in [-0.05, 0) is 13.3 Å². The van der Waals surface area contributed by atoms with E-state index in [2.05, 4.69) is 17.2 Å². The van der Waals surface area contributed by atoms with E-state index >= 15 is 0 Å².